The summed E-state index contributed by atoms with van der Waals surface area (Å²) < 4.78 is 33.4. The third kappa shape index (κ3) is 2.64. The summed E-state index contributed by atoms with van der Waals surface area (Å²) >= 11 is 0. The van der Waals surface area contributed by atoms with Gasteiger partial charge in [0, 0.05) is 18.7 Å². The largest absolute Gasteiger partial charge is 0.419 e. The van der Waals surface area contributed by atoms with Crippen molar-refractivity contribution in [2.24, 2.45) is 0 Å². The van der Waals surface area contributed by atoms with Crippen molar-refractivity contribution in [1.82, 2.24) is 9.29 Å². The molecular weight excluding hydrogens is 280 g/mol. The molecule has 0 aliphatic carbocycles. The molecule has 0 bridgehead atoms. The first kappa shape index (κ1) is 14.8. The number of benzene rings is 1. The lowest BCUT2D eigenvalue weighted by atomic mass is 10.3. The van der Waals surface area contributed by atoms with E-state index in [-0.39, 0.29) is 16.5 Å². The first-order valence-electron chi connectivity index (χ1n) is 6.54. The summed E-state index contributed by atoms with van der Waals surface area (Å²) in [6.45, 7) is 6.00. The molecule has 0 spiro atoms. The second kappa shape index (κ2) is 5.41. The van der Waals surface area contributed by atoms with Crippen LogP contribution in [0.15, 0.2) is 32.3 Å². The van der Waals surface area contributed by atoms with E-state index >= 15 is 0 Å². The van der Waals surface area contributed by atoms with Crippen LogP contribution in [0.25, 0.3) is 11.1 Å². The predicted octanol–water partition coefficient (Wildman–Crippen LogP) is 1.69. The summed E-state index contributed by atoms with van der Waals surface area (Å²) in [6, 6.07) is 4.30. The first-order chi connectivity index (χ1) is 9.39. The maximum Gasteiger partial charge on any atom is 0.419 e. The lowest BCUT2D eigenvalue weighted by molar-refractivity contribution is 0.512. The fourth-order valence-corrected chi connectivity index (χ4v) is 3.27. The molecule has 0 aliphatic rings. The highest BCUT2D eigenvalue weighted by atomic mass is 32.2. The van der Waals surface area contributed by atoms with Gasteiger partial charge in [-0.05, 0) is 32.4 Å². The van der Waals surface area contributed by atoms with Gasteiger partial charge in [0.05, 0.1) is 10.4 Å². The molecule has 1 N–H and O–H groups in total. The van der Waals surface area contributed by atoms with Crippen molar-refractivity contribution >= 4 is 21.1 Å². The molecule has 0 saturated carbocycles. The van der Waals surface area contributed by atoms with Crippen molar-refractivity contribution in [3.05, 3.63) is 28.7 Å². The number of aryl methyl sites for hydroxylation is 1. The molecule has 1 aromatic heterocycles. The molecule has 7 heteroatoms. The minimum absolute atomic E-state index is 0.0994. The van der Waals surface area contributed by atoms with Crippen LogP contribution in [0, 0.1) is 0 Å². The van der Waals surface area contributed by atoms with Gasteiger partial charge in [0.15, 0.2) is 5.58 Å². The molecule has 0 amide bonds. The van der Waals surface area contributed by atoms with Gasteiger partial charge in [-0.2, -0.15) is 0 Å². The minimum Gasteiger partial charge on any atom is -0.408 e. The van der Waals surface area contributed by atoms with Crippen LogP contribution in [0.1, 0.15) is 27.2 Å². The average Bonchev–Trinajstić information content (AvgIpc) is 2.72. The number of hydrogen-bond donors (Lipinski definition) is 1. The van der Waals surface area contributed by atoms with Crippen molar-refractivity contribution < 1.29 is 12.8 Å². The van der Waals surface area contributed by atoms with E-state index in [0.717, 1.165) is 0 Å². The van der Waals surface area contributed by atoms with Crippen LogP contribution in [0.3, 0.4) is 0 Å². The molecular formula is C13H18N2O4S. The van der Waals surface area contributed by atoms with Crippen LogP contribution in [0.5, 0.6) is 0 Å². The molecule has 1 unspecified atom stereocenters. The monoisotopic (exact) mass is 298 g/mol. The Morgan fingerprint density at radius 1 is 1.35 bits per heavy atom. The highest BCUT2D eigenvalue weighted by Gasteiger charge is 2.18. The zero-order valence-electron chi connectivity index (χ0n) is 11.7. The molecule has 2 aromatic rings. The second-order valence-corrected chi connectivity index (χ2v) is 6.39. The van der Waals surface area contributed by atoms with E-state index in [0.29, 0.717) is 18.5 Å². The van der Waals surface area contributed by atoms with E-state index in [1.807, 2.05) is 13.8 Å². The summed E-state index contributed by atoms with van der Waals surface area (Å²) in [5.41, 5.74) is 0.879. The summed E-state index contributed by atoms with van der Waals surface area (Å²) in [5.74, 6) is -0.480. The minimum atomic E-state index is -3.59. The Morgan fingerprint density at radius 2 is 2.05 bits per heavy atom. The van der Waals surface area contributed by atoms with E-state index in [1.165, 1.54) is 16.7 Å². The molecule has 0 fully saturated rings. The molecule has 0 aliphatic heterocycles. The molecule has 1 aromatic carbocycles. The van der Waals surface area contributed by atoms with Crippen LogP contribution in [0.2, 0.25) is 0 Å². The highest BCUT2D eigenvalue weighted by molar-refractivity contribution is 7.89. The van der Waals surface area contributed by atoms with Gasteiger partial charge in [-0.25, -0.2) is 17.9 Å². The zero-order chi connectivity index (χ0) is 14.9. The van der Waals surface area contributed by atoms with Crippen LogP contribution >= 0.6 is 0 Å². The topological polar surface area (TPSA) is 81.3 Å². The van der Waals surface area contributed by atoms with Gasteiger partial charge >= 0.3 is 5.76 Å². The standard InChI is InChI=1S/C13H18N2O4S/c1-4-9(3)14-20(17,18)10-6-7-11-12(8-10)19-13(16)15(11)5-2/h6-9,14H,4-5H2,1-3H3. The van der Waals surface area contributed by atoms with E-state index < -0.39 is 15.8 Å². The Bertz CT molecular complexity index is 773. The van der Waals surface area contributed by atoms with Crippen molar-refractivity contribution in [2.45, 2.75) is 44.7 Å². The highest BCUT2D eigenvalue weighted by Crippen LogP contribution is 2.18. The number of sulfonamides is 1. The fraction of sp³-hybridized carbons (Fsp3) is 0.462. The number of aromatic nitrogens is 1. The molecule has 1 heterocycles. The Hall–Kier alpha value is -1.60. The first-order valence-corrected chi connectivity index (χ1v) is 8.03. The third-order valence-electron chi connectivity index (χ3n) is 3.23. The molecule has 0 radical (unpaired) electrons. The van der Waals surface area contributed by atoms with Crippen molar-refractivity contribution in [3.63, 3.8) is 0 Å². The summed E-state index contributed by atoms with van der Waals surface area (Å²) in [4.78, 5) is 11.7. The number of rotatable bonds is 5. The lowest BCUT2D eigenvalue weighted by Crippen LogP contribution is -2.31. The normalized spacial score (nSPS) is 13.8. The number of oxazole rings is 1. The smallest absolute Gasteiger partial charge is 0.408 e. The Morgan fingerprint density at radius 3 is 2.65 bits per heavy atom. The van der Waals surface area contributed by atoms with Crippen LogP contribution in [0.4, 0.5) is 0 Å². The predicted molar refractivity (Wildman–Crippen MR) is 76.2 cm³/mol. The van der Waals surface area contributed by atoms with Gasteiger partial charge in [0.2, 0.25) is 10.0 Å². The van der Waals surface area contributed by atoms with E-state index in [9.17, 15) is 13.2 Å². The quantitative estimate of drug-likeness (QED) is 0.910. The second-order valence-electron chi connectivity index (χ2n) is 4.67. The Kier molecular flexibility index (Phi) is 4.01. The molecule has 6 nitrogen and oxygen atoms in total. The van der Waals surface area contributed by atoms with E-state index in [4.69, 9.17) is 4.42 Å². The number of fused-ring (bicyclic) bond motifs is 1. The average molecular weight is 298 g/mol. The van der Waals surface area contributed by atoms with Gasteiger partial charge in [0.25, 0.3) is 0 Å². The SMILES string of the molecule is CCC(C)NS(=O)(=O)c1ccc2c(c1)oc(=O)n2CC. The van der Waals surface area contributed by atoms with Gasteiger partial charge in [-0.3, -0.25) is 4.57 Å². The van der Waals surface area contributed by atoms with Crippen LogP contribution in [-0.4, -0.2) is 19.0 Å². The number of nitrogens with zero attached hydrogens (tertiary/aromatic N) is 1. The third-order valence-corrected chi connectivity index (χ3v) is 4.82. The molecule has 0 saturated heterocycles. The summed E-state index contributed by atoms with van der Waals surface area (Å²) in [6.07, 6.45) is 0.697. The van der Waals surface area contributed by atoms with Crippen molar-refractivity contribution in [3.8, 4) is 0 Å². The molecule has 110 valence electrons. The summed E-state index contributed by atoms with van der Waals surface area (Å²) in [7, 11) is -3.59. The molecule has 20 heavy (non-hydrogen) atoms. The van der Waals surface area contributed by atoms with Crippen LogP contribution in [-0.2, 0) is 16.6 Å². The maximum absolute atomic E-state index is 12.2. The molecule has 1 atom stereocenters. The van der Waals surface area contributed by atoms with Crippen molar-refractivity contribution in [2.75, 3.05) is 0 Å². The van der Waals surface area contributed by atoms with Gasteiger partial charge in [-0.1, -0.05) is 6.92 Å². The fourth-order valence-electron chi connectivity index (χ4n) is 1.93. The zero-order valence-corrected chi connectivity index (χ0v) is 12.5. The Balaban J connectivity index is 2.50. The van der Waals surface area contributed by atoms with E-state index in [2.05, 4.69) is 4.72 Å². The number of nitrogens with one attached hydrogen (secondary N) is 1. The van der Waals surface area contributed by atoms with E-state index in [1.54, 1.807) is 13.0 Å². The Labute approximate surface area is 117 Å². The van der Waals surface area contributed by atoms with Gasteiger partial charge in [-0.15, -0.1) is 0 Å². The van der Waals surface area contributed by atoms with Crippen LogP contribution < -0.4 is 10.5 Å². The lowest BCUT2D eigenvalue weighted by Gasteiger charge is -2.11. The maximum atomic E-state index is 12.2. The van der Waals surface area contributed by atoms with Gasteiger partial charge in [0.1, 0.15) is 0 Å². The van der Waals surface area contributed by atoms with Gasteiger partial charge < -0.3 is 4.42 Å². The number of hydrogen-bond acceptors (Lipinski definition) is 4. The van der Waals surface area contributed by atoms with Crippen molar-refractivity contribution in [1.29, 1.82) is 0 Å². The summed E-state index contributed by atoms with van der Waals surface area (Å²) in [5, 5.41) is 0. The molecule has 2 rings (SSSR count).